The molecule has 1 aliphatic heterocycles. The molecule has 0 spiro atoms. The van der Waals surface area contributed by atoms with Gasteiger partial charge in [0.2, 0.25) is 5.91 Å². The van der Waals surface area contributed by atoms with Crippen molar-refractivity contribution in [2.75, 3.05) is 11.5 Å². The second-order valence-corrected chi connectivity index (χ2v) is 6.81. The smallest absolute Gasteiger partial charge is 0.224 e. The van der Waals surface area contributed by atoms with Crippen LogP contribution in [0.4, 0.5) is 0 Å². The second-order valence-electron chi connectivity index (χ2n) is 4.58. The molecular weight excluding hydrogens is 252 g/mol. The first kappa shape index (κ1) is 13.0. The van der Waals surface area contributed by atoms with Crippen molar-refractivity contribution in [2.45, 2.75) is 19.4 Å². The van der Waals surface area contributed by atoms with Gasteiger partial charge in [0.05, 0.1) is 29.2 Å². The number of carbonyl (C=O) groups is 1. The van der Waals surface area contributed by atoms with Crippen LogP contribution in [0, 0.1) is 5.92 Å². The molecule has 1 aromatic rings. The van der Waals surface area contributed by atoms with E-state index >= 15 is 0 Å². The predicted molar refractivity (Wildman–Crippen MR) is 67.6 cm³/mol. The van der Waals surface area contributed by atoms with Gasteiger partial charge in [-0.2, -0.15) is 0 Å². The summed E-state index contributed by atoms with van der Waals surface area (Å²) in [5, 5.41) is 2.81. The van der Waals surface area contributed by atoms with Gasteiger partial charge >= 0.3 is 0 Å². The number of rotatable bonds is 3. The summed E-state index contributed by atoms with van der Waals surface area (Å²) < 4.78 is 22.6. The van der Waals surface area contributed by atoms with Crippen LogP contribution >= 0.6 is 0 Å². The molecule has 1 N–H and O–H groups in total. The van der Waals surface area contributed by atoms with Crippen molar-refractivity contribution in [3.05, 3.63) is 30.1 Å². The fraction of sp³-hybridized carbons (Fsp3) is 0.500. The fourth-order valence-corrected chi connectivity index (χ4v) is 3.78. The third-order valence-corrected chi connectivity index (χ3v) is 4.86. The normalized spacial score (nSPS) is 23.5. The number of aromatic nitrogens is 1. The fourth-order valence-electron chi connectivity index (χ4n) is 2.04. The van der Waals surface area contributed by atoms with Gasteiger partial charge in [-0.25, -0.2) is 8.42 Å². The topological polar surface area (TPSA) is 76.1 Å². The van der Waals surface area contributed by atoms with Gasteiger partial charge in [-0.05, 0) is 25.5 Å². The third-order valence-electron chi connectivity index (χ3n) is 3.09. The Bertz CT molecular complexity index is 528. The Balaban J connectivity index is 1.96. The minimum absolute atomic E-state index is 0.0340. The summed E-state index contributed by atoms with van der Waals surface area (Å²) in [4.78, 5) is 16.1. The molecule has 1 saturated heterocycles. The minimum atomic E-state index is -3.02. The number of sulfone groups is 1. The summed E-state index contributed by atoms with van der Waals surface area (Å²) in [6.45, 7) is 1.84. The van der Waals surface area contributed by atoms with E-state index in [1.807, 2.05) is 25.1 Å². The van der Waals surface area contributed by atoms with Crippen molar-refractivity contribution in [1.82, 2.24) is 10.3 Å². The SMILES string of the molecule is C[C@@H](NC(=O)[C@H]1CCS(=O)(=O)C1)c1ccccn1. The molecule has 0 bridgehead atoms. The highest BCUT2D eigenvalue weighted by atomic mass is 32.2. The standard InChI is InChI=1S/C12H16N2O3S/c1-9(11-4-2-3-6-13-11)14-12(15)10-5-7-18(16,17)8-10/h2-4,6,9-10H,5,7-8H2,1H3,(H,14,15)/t9-,10+/m1/s1. The van der Waals surface area contributed by atoms with Crippen molar-refractivity contribution in [3.63, 3.8) is 0 Å². The number of hydrogen-bond acceptors (Lipinski definition) is 4. The Morgan fingerprint density at radius 1 is 1.50 bits per heavy atom. The molecular formula is C12H16N2O3S. The molecule has 98 valence electrons. The zero-order valence-electron chi connectivity index (χ0n) is 10.2. The Morgan fingerprint density at radius 2 is 2.28 bits per heavy atom. The highest BCUT2D eigenvalue weighted by Gasteiger charge is 2.33. The highest BCUT2D eigenvalue weighted by molar-refractivity contribution is 7.91. The molecule has 2 atom stereocenters. The summed E-state index contributed by atoms with van der Waals surface area (Å²) in [5.74, 6) is -0.535. The summed E-state index contributed by atoms with van der Waals surface area (Å²) in [7, 11) is -3.02. The van der Waals surface area contributed by atoms with Crippen molar-refractivity contribution >= 4 is 15.7 Å². The quantitative estimate of drug-likeness (QED) is 0.875. The van der Waals surface area contributed by atoms with E-state index < -0.39 is 15.8 Å². The molecule has 0 saturated carbocycles. The van der Waals surface area contributed by atoms with Crippen LogP contribution in [0.5, 0.6) is 0 Å². The van der Waals surface area contributed by atoms with Gasteiger partial charge in [0.15, 0.2) is 9.84 Å². The molecule has 0 unspecified atom stereocenters. The maximum Gasteiger partial charge on any atom is 0.224 e. The van der Waals surface area contributed by atoms with Crippen LogP contribution in [0.1, 0.15) is 25.1 Å². The molecule has 0 radical (unpaired) electrons. The Kier molecular flexibility index (Phi) is 3.65. The van der Waals surface area contributed by atoms with Crippen molar-refractivity contribution in [1.29, 1.82) is 0 Å². The van der Waals surface area contributed by atoms with Gasteiger partial charge in [0, 0.05) is 6.20 Å². The molecule has 2 heterocycles. The molecule has 1 fully saturated rings. The van der Waals surface area contributed by atoms with Crippen LogP contribution in [0.25, 0.3) is 0 Å². The minimum Gasteiger partial charge on any atom is -0.348 e. The van der Waals surface area contributed by atoms with Crippen molar-refractivity contribution in [3.8, 4) is 0 Å². The van der Waals surface area contributed by atoms with Crippen molar-refractivity contribution < 1.29 is 13.2 Å². The molecule has 5 nitrogen and oxygen atoms in total. The van der Waals surface area contributed by atoms with Crippen molar-refractivity contribution in [2.24, 2.45) is 5.92 Å². The van der Waals surface area contributed by atoms with E-state index in [-0.39, 0.29) is 23.5 Å². The van der Waals surface area contributed by atoms with Gasteiger partial charge in [0.1, 0.15) is 0 Å². The average Bonchev–Trinajstić information content (AvgIpc) is 2.71. The lowest BCUT2D eigenvalue weighted by atomic mass is 10.1. The predicted octanol–water partition coefficient (Wildman–Crippen LogP) is 0.693. The number of amides is 1. The molecule has 6 heteroatoms. The van der Waals surface area contributed by atoms with Gasteiger partial charge in [0.25, 0.3) is 0 Å². The van der Waals surface area contributed by atoms with Crippen LogP contribution in [-0.2, 0) is 14.6 Å². The largest absolute Gasteiger partial charge is 0.348 e. The Morgan fingerprint density at radius 3 is 2.83 bits per heavy atom. The lowest BCUT2D eigenvalue weighted by Gasteiger charge is -2.15. The van der Waals surface area contributed by atoms with Gasteiger partial charge in [-0.3, -0.25) is 9.78 Å². The lowest BCUT2D eigenvalue weighted by Crippen LogP contribution is -2.33. The van der Waals surface area contributed by atoms with E-state index in [0.29, 0.717) is 6.42 Å². The number of nitrogens with one attached hydrogen (secondary N) is 1. The summed E-state index contributed by atoms with van der Waals surface area (Å²) in [5.41, 5.74) is 0.770. The molecule has 1 amide bonds. The summed E-state index contributed by atoms with van der Waals surface area (Å²) in [6, 6.07) is 5.28. The number of pyridine rings is 1. The van der Waals surface area contributed by atoms with Gasteiger partial charge in [-0.15, -0.1) is 0 Å². The molecule has 0 aliphatic carbocycles. The van der Waals surface area contributed by atoms with E-state index in [0.717, 1.165) is 5.69 Å². The molecule has 1 aliphatic rings. The average molecular weight is 268 g/mol. The lowest BCUT2D eigenvalue weighted by molar-refractivity contribution is -0.124. The van der Waals surface area contributed by atoms with Crippen LogP contribution in [-0.4, -0.2) is 30.8 Å². The Labute approximate surface area is 107 Å². The monoisotopic (exact) mass is 268 g/mol. The first-order chi connectivity index (χ1) is 8.48. The van der Waals surface area contributed by atoms with E-state index in [1.54, 1.807) is 6.20 Å². The molecule has 0 aromatic carbocycles. The summed E-state index contributed by atoms with van der Waals surface area (Å²) in [6.07, 6.45) is 2.08. The zero-order valence-corrected chi connectivity index (χ0v) is 11.0. The molecule has 18 heavy (non-hydrogen) atoms. The van der Waals surface area contributed by atoms with E-state index in [1.165, 1.54) is 0 Å². The number of hydrogen-bond donors (Lipinski definition) is 1. The second kappa shape index (κ2) is 5.06. The van der Waals surface area contributed by atoms with Crippen LogP contribution in [0.2, 0.25) is 0 Å². The van der Waals surface area contributed by atoms with Gasteiger partial charge in [-0.1, -0.05) is 6.07 Å². The van der Waals surface area contributed by atoms with Crippen LogP contribution in [0.3, 0.4) is 0 Å². The maximum atomic E-state index is 11.9. The Hall–Kier alpha value is -1.43. The zero-order chi connectivity index (χ0) is 13.2. The number of carbonyl (C=O) groups excluding carboxylic acids is 1. The molecule has 1 aromatic heterocycles. The van der Waals surface area contributed by atoms with Crippen LogP contribution in [0.15, 0.2) is 24.4 Å². The molecule has 2 rings (SSSR count). The van der Waals surface area contributed by atoms with E-state index in [4.69, 9.17) is 0 Å². The first-order valence-electron chi connectivity index (χ1n) is 5.90. The first-order valence-corrected chi connectivity index (χ1v) is 7.72. The maximum absolute atomic E-state index is 11.9. The highest BCUT2D eigenvalue weighted by Crippen LogP contribution is 2.19. The number of nitrogens with zero attached hydrogens (tertiary/aromatic N) is 1. The van der Waals surface area contributed by atoms with Crippen LogP contribution < -0.4 is 5.32 Å². The third kappa shape index (κ3) is 3.07. The van der Waals surface area contributed by atoms with E-state index in [2.05, 4.69) is 10.3 Å². The summed E-state index contributed by atoms with van der Waals surface area (Å²) >= 11 is 0. The van der Waals surface area contributed by atoms with Gasteiger partial charge < -0.3 is 5.32 Å². The van der Waals surface area contributed by atoms with E-state index in [9.17, 15) is 13.2 Å².